The van der Waals surface area contributed by atoms with Crippen LogP contribution in [0.4, 0.5) is 0 Å². The molecule has 0 fully saturated rings. The van der Waals surface area contributed by atoms with Crippen LogP contribution in [0, 0.1) is 0 Å². The molecule has 0 aromatic heterocycles. The van der Waals surface area contributed by atoms with Gasteiger partial charge in [-0.1, -0.05) is 24.4 Å². The average molecular weight is 239 g/mol. The summed E-state index contributed by atoms with van der Waals surface area (Å²) in [7, 11) is 0. The SMILES string of the molecule is S=C(S)NCCNC(=S)S.[MgH2]. The lowest BCUT2D eigenvalue weighted by Gasteiger charge is -2.03. The quantitative estimate of drug-likeness (QED) is 0.234. The van der Waals surface area contributed by atoms with E-state index in [-0.39, 0.29) is 23.1 Å². The first-order valence-electron chi connectivity index (χ1n) is 2.56. The summed E-state index contributed by atoms with van der Waals surface area (Å²) in [6, 6.07) is 0. The van der Waals surface area contributed by atoms with Crippen molar-refractivity contribution in [3.63, 3.8) is 0 Å². The summed E-state index contributed by atoms with van der Waals surface area (Å²) in [4.78, 5) is 0. The van der Waals surface area contributed by atoms with E-state index in [9.17, 15) is 0 Å². The molecule has 0 amide bonds. The average Bonchev–Trinajstić information content (AvgIpc) is 1.79. The van der Waals surface area contributed by atoms with Gasteiger partial charge in [0.25, 0.3) is 0 Å². The van der Waals surface area contributed by atoms with Crippen molar-refractivity contribution >= 4 is 81.4 Å². The predicted octanol–water partition coefficient (Wildman–Crippen LogP) is -0.321. The molecule has 0 aliphatic heterocycles. The molecular weight excluding hydrogens is 229 g/mol. The van der Waals surface area contributed by atoms with Crippen molar-refractivity contribution in [1.82, 2.24) is 10.6 Å². The summed E-state index contributed by atoms with van der Waals surface area (Å²) in [5.41, 5.74) is 0. The van der Waals surface area contributed by atoms with Crippen molar-refractivity contribution < 1.29 is 0 Å². The number of thiol groups is 2. The second-order valence-electron chi connectivity index (χ2n) is 1.46. The summed E-state index contributed by atoms with van der Waals surface area (Å²) >= 11 is 17.0. The second-order valence-corrected chi connectivity index (χ2v) is 3.78. The van der Waals surface area contributed by atoms with Gasteiger partial charge in [-0.2, -0.15) is 0 Å². The third-order valence-corrected chi connectivity index (χ3v) is 1.28. The minimum atomic E-state index is 0. The van der Waals surface area contributed by atoms with Crippen LogP contribution < -0.4 is 10.6 Å². The lowest BCUT2D eigenvalue weighted by Crippen LogP contribution is -2.29. The largest absolute Gasteiger partial charge is 0.369 e. The highest BCUT2D eigenvalue weighted by atomic mass is 32.1. The number of hydrogen-bond donors (Lipinski definition) is 4. The van der Waals surface area contributed by atoms with E-state index in [0.717, 1.165) is 0 Å². The first kappa shape index (κ1) is 14.8. The number of rotatable bonds is 3. The van der Waals surface area contributed by atoms with E-state index in [4.69, 9.17) is 0 Å². The van der Waals surface area contributed by atoms with Crippen LogP contribution in [0.1, 0.15) is 0 Å². The monoisotopic (exact) mass is 238 g/mol. The summed E-state index contributed by atoms with van der Waals surface area (Å²) in [6.07, 6.45) is 0. The lowest BCUT2D eigenvalue weighted by atomic mass is 10.6. The van der Waals surface area contributed by atoms with Crippen LogP contribution in [0.2, 0.25) is 0 Å². The number of nitrogens with one attached hydrogen (secondary N) is 2. The van der Waals surface area contributed by atoms with Crippen LogP contribution in [0.5, 0.6) is 0 Å². The third kappa shape index (κ3) is 14.1. The molecule has 0 aromatic rings. The molecule has 11 heavy (non-hydrogen) atoms. The van der Waals surface area contributed by atoms with Gasteiger partial charge in [0.2, 0.25) is 0 Å². The zero-order valence-corrected chi connectivity index (χ0v) is 8.55. The molecule has 0 spiro atoms. The van der Waals surface area contributed by atoms with Crippen LogP contribution in [0.25, 0.3) is 0 Å². The molecule has 2 nitrogen and oxygen atoms in total. The van der Waals surface area contributed by atoms with E-state index in [0.29, 0.717) is 21.7 Å². The summed E-state index contributed by atoms with van der Waals surface area (Å²) in [6.45, 7) is 1.42. The van der Waals surface area contributed by atoms with Gasteiger partial charge in [-0.3, -0.25) is 0 Å². The van der Waals surface area contributed by atoms with E-state index >= 15 is 0 Å². The van der Waals surface area contributed by atoms with Crippen LogP contribution in [0.15, 0.2) is 0 Å². The first-order chi connectivity index (χ1) is 4.63. The van der Waals surface area contributed by atoms with Gasteiger partial charge in [-0.15, -0.1) is 25.3 Å². The Morgan fingerprint density at radius 3 is 1.45 bits per heavy atom. The van der Waals surface area contributed by atoms with Gasteiger partial charge < -0.3 is 10.6 Å². The molecule has 7 heteroatoms. The number of hydrogen-bond acceptors (Lipinski definition) is 2. The van der Waals surface area contributed by atoms with E-state index < -0.39 is 0 Å². The molecule has 2 N–H and O–H groups in total. The highest BCUT2D eigenvalue weighted by Gasteiger charge is 1.87. The van der Waals surface area contributed by atoms with Gasteiger partial charge in [0.15, 0.2) is 0 Å². The van der Waals surface area contributed by atoms with Crippen LogP contribution >= 0.6 is 49.7 Å². The molecule has 0 heterocycles. The summed E-state index contributed by atoms with van der Waals surface area (Å²) in [5.74, 6) is 0. The maximum Gasteiger partial charge on any atom is 0.316 e. The molecule has 0 atom stereocenters. The Morgan fingerprint density at radius 2 is 1.27 bits per heavy atom. The minimum Gasteiger partial charge on any atom is -0.369 e. The van der Waals surface area contributed by atoms with Gasteiger partial charge in [0, 0.05) is 13.1 Å². The summed E-state index contributed by atoms with van der Waals surface area (Å²) in [5, 5.41) is 5.68. The lowest BCUT2D eigenvalue weighted by molar-refractivity contribution is 0.834. The molecule has 0 bridgehead atoms. The first-order valence-corrected chi connectivity index (χ1v) is 4.27. The van der Waals surface area contributed by atoms with E-state index in [1.807, 2.05) is 0 Å². The Labute approximate surface area is 104 Å². The van der Waals surface area contributed by atoms with Crippen molar-refractivity contribution in [3.8, 4) is 0 Å². The summed E-state index contributed by atoms with van der Waals surface area (Å²) < 4.78 is 0.985. The van der Waals surface area contributed by atoms with Crippen molar-refractivity contribution in [3.05, 3.63) is 0 Å². The van der Waals surface area contributed by atoms with Gasteiger partial charge in [-0.05, 0) is 0 Å². The highest BCUT2D eigenvalue weighted by Crippen LogP contribution is 1.77. The normalized spacial score (nSPS) is 7.82. The molecule has 0 aliphatic carbocycles. The molecule has 0 saturated carbocycles. The molecule has 0 rings (SSSR count). The minimum absolute atomic E-state index is 0. The standard InChI is InChI=1S/C4H8N2S4.Mg.2H/c7-3(8)5-1-2-6-4(9)10;;;/h1-2H2,(H2,5,7,8)(H2,6,9,10);;;. The van der Waals surface area contributed by atoms with Crippen molar-refractivity contribution in [2.24, 2.45) is 0 Å². The van der Waals surface area contributed by atoms with Crippen LogP contribution in [-0.2, 0) is 0 Å². The van der Waals surface area contributed by atoms with E-state index in [2.05, 4.69) is 60.3 Å². The molecular formula is C4H10MgN2S4. The molecule has 0 unspecified atom stereocenters. The van der Waals surface area contributed by atoms with Gasteiger partial charge in [0.05, 0.1) is 0 Å². The van der Waals surface area contributed by atoms with Crippen molar-refractivity contribution in [2.45, 2.75) is 0 Å². The van der Waals surface area contributed by atoms with Gasteiger partial charge in [0.1, 0.15) is 8.64 Å². The zero-order chi connectivity index (χ0) is 7.98. The predicted molar refractivity (Wildman–Crippen MR) is 67.7 cm³/mol. The highest BCUT2D eigenvalue weighted by molar-refractivity contribution is 8.11. The smallest absolute Gasteiger partial charge is 0.316 e. The fraction of sp³-hybridized carbons (Fsp3) is 0.500. The Morgan fingerprint density at radius 1 is 1.00 bits per heavy atom. The fourth-order valence-corrected chi connectivity index (χ4v) is 0.767. The molecule has 0 saturated heterocycles. The topological polar surface area (TPSA) is 24.1 Å². The van der Waals surface area contributed by atoms with Crippen LogP contribution in [0.3, 0.4) is 0 Å². The molecule has 0 radical (unpaired) electrons. The van der Waals surface area contributed by atoms with E-state index in [1.165, 1.54) is 0 Å². The fourth-order valence-electron chi connectivity index (χ4n) is 0.339. The zero-order valence-electron chi connectivity index (χ0n) is 5.13. The second kappa shape index (κ2) is 9.34. The van der Waals surface area contributed by atoms with Crippen molar-refractivity contribution in [1.29, 1.82) is 0 Å². The molecule has 0 aromatic carbocycles. The Balaban J connectivity index is 0. The van der Waals surface area contributed by atoms with E-state index in [1.54, 1.807) is 0 Å². The van der Waals surface area contributed by atoms with Gasteiger partial charge in [-0.25, -0.2) is 0 Å². The Kier molecular flexibility index (Phi) is 12.5. The Hall–Kier alpha value is 1.25. The third-order valence-electron chi connectivity index (χ3n) is 0.677. The maximum absolute atomic E-state index is 4.65. The Bertz CT molecular complexity index is 124. The molecule has 62 valence electrons. The van der Waals surface area contributed by atoms with Gasteiger partial charge >= 0.3 is 23.1 Å². The van der Waals surface area contributed by atoms with Crippen LogP contribution in [-0.4, -0.2) is 44.8 Å². The van der Waals surface area contributed by atoms with Crippen molar-refractivity contribution in [2.75, 3.05) is 13.1 Å². The molecule has 0 aliphatic rings. The number of thiocarbonyl (C=S) groups is 2. The maximum atomic E-state index is 4.65.